The lowest BCUT2D eigenvalue weighted by Crippen LogP contribution is -2.37. The second-order valence-electron chi connectivity index (χ2n) is 3.47. The molecule has 0 saturated heterocycles. The number of phenolic OH excluding ortho intramolecular Hbond substituents is 1. The number of aromatic hydroxyl groups is 1. The van der Waals surface area contributed by atoms with Crippen molar-refractivity contribution in [2.24, 2.45) is 5.73 Å². The van der Waals surface area contributed by atoms with Crippen molar-refractivity contribution in [2.45, 2.75) is 6.17 Å². The molecule has 0 aliphatic rings. The third kappa shape index (κ3) is 2.67. The molecule has 0 heterocycles. The average molecular weight is 206 g/mol. The summed E-state index contributed by atoms with van der Waals surface area (Å²) < 4.78 is 0. The number of likely N-dealkylation sites (N-methyl/N-ethyl adjacent to an activating group) is 1. The minimum absolute atomic E-state index is 0.155. The third-order valence-corrected chi connectivity index (χ3v) is 2.14. The molecule has 1 atom stereocenters. The number of hydrogen-bond donors (Lipinski definition) is 2. The van der Waals surface area contributed by atoms with Crippen LogP contribution in [0.4, 0.5) is 0 Å². The van der Waals surface area contributed by atoms with Crippen LogP contribution in [0.15, 0.2) is 24.3 Å². The highest BCUT2D eigenvalue weighted by molar-refractivity contribution is 5.89. The van der Waals surface area contributed by atoms with E-state index in [1.54, 1.807) is 31.1 Å². The van der Waals surface area contributed by atoms with Crippen molar-refractivity contribution in [3.05, 3.63) is 29.8 Å². The summed E-state index contributed by atoms with van der Waals surface area (Å²) in [6, 6.07) is 6.29. The fraction of sp³-hybridized carbons (Fsp3) is 0.273. The van der Waals surface area contributed by atoms with Crippen LogP contribution in [-0.2, 0) is 4.79 Å². The fourth-order valence-corrected chi connectivity index (χ4v) is 1.19. The van der Waals surface area contributed by atoms with E-state index in [-0.39, 0.29) is 5.75 Å². The molecule has 1 aromatic rings. The van der Waals surface area contributed by atoms with E-state index in [9.17, 15) is 4.79 Å². The molecule has 1 aromatic carbocycles. The van der Waals surface area contributed by atoms with E-state index in [4.69, 9.17) is 10.8 Å². The number of benzene rings is 1. The minimum atomic E-state index is -0.493. The third-order valence-electron chi connectivity index (χ3n) is 2.14. The number of hydrogen-bond acceptors (Lipinski definition) is 4. The molecular weight excluding hydrogens is 192 g/mol. The van der Waals surface area contributed by atoms with Gasteiger partial charge in [0.1, 0.15) is 11.7 Å². The first-order valence-corrected chi connectivity index (χ1v) is 4.52. The van der Waals surface area contributed by atoms with Crippen molar-refractivity contribution in [3.8, 4) is 5.75 Å². The van der Waals surface area contributed by atoms with Gasteiger partial charge < -0.3 is 10.8 Å². The lowest BCUT2D eigenvalue weighted by molar-refractivity contribution is 0.360. The molecule has 0 aliphatic heterocycles. The second kappa shape index (κ2) is 4.75. The molecule has 4 nitrogen and oxygen atoms in total. The van der Waals surface area contributed by atoms with E-state index in [0.717, 1.165) is 0 Å². The van der Waals surface area contributed by atoms with Crippen LogP contribution >= 0.6 is 0 Å². The van der Waals surface area contributed by atoms with Crippen LogP contribution in [0.2, 0.25) is 0 Å². The van der Waals surface area contributed by atoms with E-state index in [1.165, 1.54) is 12.1 Å². The molecule has 0 aromatic heterocycles. The highest BCUT2D eigenvalue weighted by Gasteiger charge is 2.14. The number of carbonyl (C=O) groups excluding carboxylic acids is 1. The SMILES string of the molecule is CN(C)C(N)C(=C=O)c1ccc(O)cc1. The summed E-state index contributed by atoms with van der Waals surface area (Å²) in [5, 5.41) is 9.11. The van der Waals surface area contributed by atoms with Gasteiger partial charge in [-0.05, 0) is 31.8 Å². The number of phenols is 1. The summed E-state index contributed by atoms with van der Waals surface area (Å²) in [6.45, 7) is 0. The molecule has 0 saturated carbocycles. The van der Waals surface area contributed by atoms with Gasteiger partial charge in [0.05, 0.1) is 11.7 Å². The van der Waals surface area contributed by atoms with Crippen molar-refractivity contribution in [2.75, 3.05) is 14.1 Å². The maximum Gasteiger partial charge on any atom is 0.131 e. The van der Waals surface area contributed by atoms with Gasteiger partial charge in [0, 0.05) is 0 Å². The molecule has 0 fully saturated rings. The zero-order valence-electron chi connectivity index (χ0n) is 8.77. The molecule has 4 heteroatoms. The largest absolute Gasteiger partial charge is 0.508 e. The molecule has 3 N–H and O–H groups in total. The van der Waals surface area contributed by atoms with Crippen molar-refractivity contribution in [3.63, 3.8) is 0 Å². The van der Waals surface area contributed by atoms with E-state index in [0.29, 0.717) is 11.1 Å². The zero-order valence-corrected chi connectivity index (χ0v) is 8.77. The highest BCUT2D eigenvalue weighted by Crippen LogP contribution is 2.18. The Kier molecular flexibility index (Phi) is 3.63. The van der Waals surface area contributed by atoms with E-state index in [2.05, 4.69) is 0 Å². The normalized spacial score (nSPS) is 12.3. The van der Waals surface area contributed by atoms with E-state index >= 15 is 0 Å². The van der Waals surface area contributed by atoms with Crippen LogP contribution in [0.3, 0.4) is 0 Å². The zero-order chi connectivity index (χ0) is 11.4. The Morgan fingerprint density at radius 3 is 2.33 bits per heavy atom. The molecule has 0 spiro atoms. The second-order valence-corrected chi connectivity index (χ2v) is 3.47. The highest BCUT2D eigenvalue weighted by atomic mass is 16.3. The molecule has 80 valence electrons. The van der Waals surface area contributed by atoms with Gasteiger partial charge in [0.25, 0.3) is 0 Å². The first-order valence-electron chi connectivity index (χ1n) is 4.52. The van der Waals surface area contributed by atoms with Crippen LogP contribution in [0.1, 0.15) is 5.56 Å². The van der Waals surface area contributed by atoms with Gasteiger partial charge in [0.15, 0.2) is 0 Å². The molecular formula is C11H14N2O2. The van der Waals surface area contributed by atoms with E-state index in [1.807, 2.05) is 5.94 Å². The number of nitrogens with zero attached hydrogens (tertiary/aromatic N) is 1. The van der Waals surface area contributed by atoms with Crippen molar-refractivity contribution in [1.82, 2.24) is 4.90 Å². The predicted octanol–water partition coefficient (Wildman–Crippen LogP) is 0.454. The molecule has 1 rings (SSSR count). The van der Waals surface area contributed by atoms with Gasteiger partial charge in [-0.25, -0.2) is 4.79 Å². The van der Waals surface area contributed by atoms with Crippen LogP contribution in [-0.4, -0.2) is 36.2 Å². The van der Waals surface area contributed by atoms with Gasteiger partial charge in [-0.3, -0.25) is 4.90 Å². The van der Waals surface area contributed by atoms with E-state index < -0.39 is 6.17 Å². The molecule has 1 unspecified atom stereocenters. The van der Waals surface area contributed by atoms with Crippen LogP contribution in [0.5, 0.6) is 5.75 Å². The summed E-state index contributed by atoms with van der Waals surface area (Å²) in [5.74, 6) is 1.99. The Morgan fingerprint density at radius 2 is 1.93 bits per heavy atom. The first kappa shape index (κ1) is 11.5. The monoisotopic (exact) mass is 206 g/mol. The van der Waals surface area contributed by atoms with Crippen molar-refractivity contribution >= 4 is 11.5 Å². The summed E-state index contributed by atoms with van der Waals surface area (Å²) in [7, 11) is 3.56. The van der Waals surface area contributed by atoms with Crippen LogP contribution in [0, 0.1) is 0 Å². The Labute approximate surface area is 88.6 Å². The Bertz CT molecular complexity index is 378. The van der Waals surface area contributed by atoms with Gasteiger partial charge >= 0.3 is 0 Å². The smallest absolute Gasteiger partial charge is 0.131 e. The van der Waals surface area contributed by atoms with Crippen LogP contribution < -0.4 is 5.73 Å². The summed E-state index contributed by atoms with van der Waals surface area (Å²) >= 11 is 0. The van der Waals surface area contributed by atoms with Gasteiger partial charge in [-0.1, -0.05) is 12.1 Å². The quantitative estimate of drug-likeness (QED) is 0.556. The van der Waals surface area contributed by atoms with Crippen LogP contribution in [0.25, 0.3) is 5.57 Å². The Hall–Kier alpha value is -1.61. The van der Waals surface area contributed by atoms with Gasteiger partial charge in [-0.2, -0.15) is 0 Å². The Balaban J connectivity index is 3.04. The minimum Gasteiger partial charge on any atom is -0.508 e. The topological polar surface area (TPSA) is 66.6 Å². The van der Waals surface area contributed by atoms with Crippen molar-refractivity contribution < 1.29 is 9.90 Å². The summed E-state index contributed by atoms with van der Waals surface area (Å²) in [5.41, 5.74) is 6.85. The number of nitrogens with two attached hydrogens (primary N) is 1. The molecule has 0 bridgehead atoms. The molecule has 0 amide bonds. The maximum absolute atomic E-state index is 10.8. The lowest BCUT2D eigenvalue weighted by atomic mass is 10.0. The molecule has 0 radical (unpaired) electrons. The summed E-state index contributed by atoms with van der Waals surface area (Å²) in [4.78, 5) is 12.5. The fourth-order valence-electron chi connectivity index (χ4n) is 1.19. The lowest BCUT2D eigenvalue weighted by Gasteiger charge is -2.20. The molecule has 0 aliphatic carbocycles. The van der Waals surface area contributed by atoms with Gasteiger partial charge in [0.2, 0.25) is 0 Å². The Morgan fingerprint density at radius 1 is 1.40 bits per heavy atom. The molecule has 15 heavy (non-hydrogen) atoms. The number of rotatable bonds is 3. The first-order chi connectivity index (χ1) is 7.06. The average Bonchev–Trinajstić information content (AvgIpc) is 2.21. The maximum atomic E-state index is 10.8. The predicted molar refractivity (Wildman–Crippen MR) is 58.9 cm³/mol. The van der Waals surface area contributed by atoms with Gasteiger partial charge in [-0.15, -0.1) is 0 Å². The van der Waals surface area contributed by atoms with Crippen molar-refractivity contribution in [1.29, 1.82) is 0 Å². The summed E-state index contributed by atoms with van der Waals surface area (Å²) in [6.07, 6.45) is -0.493. The standard InChI is InChI=1S/C11H14N2O2/c1-13(2)11(12)10(7-14)8-3-5-9(15)6-4-8/h3-6,11,15H,12H2,1-2H3.